The highest BCUT2D eigenvalue weighted by Gasteiger charge is 2.27. The van der Waals surface area contributed by atoms with Crippen LogP contribution in [0.4, 0.5) is 13.2 Å². The molecule has 1 atom stereocenters. The standard InChI is InChI=1S/C7H11ClF3NO/c1-5(8)4-12-6(13)2-3-7(9,10)11/h5H,2-4H2,1H3,(H,12,13). The Morgan fingerprint density at radius 3 is 2.46 bits per heavy atom. The van der Waals surface area contributed by atoms with E-state index in [1.807, 2.05) is 0 Å². The smallest absolute Gasteiger partial charge is 0.355 e. The van der Waals surface area contributed by atoms with Crippen molar-refractivity contribution in [3.8, 4) is 0 Å². The van der Waals surface area contributed by atoms with Gasteiger partial charge in [0.15, 0.2) is 0 Å². The molecular weight excluding hydrogens is 207 g/mol. The van der Waals surface area contributed by atoms with Crippen LogP contribution in [0.25, 0.3) is 0 Å². The van der Waals surface area contributed by atoms with E-state index in [2.05, 4.69) is 5.32 Å². The SMILES string of the molecule is CC(Cl)CNC(=O)CCC(F)(F)F. The van der Waals surface area contributed by atoms with Crippen molar-refractivity contribution >= 4 is 17.5 Å². The number of halogens is 4. The van der Waals surface area contributed by atoms with E-state index in [1.54, 1.807) is 6.92 Å². The van der Waals surface area contributed by atoms with Crippen LogP contribution in [-0.4, -0.2) is 24.0 Å². The Bertz CT molecular complexity index is 170. The van der Waals surface area contributed by atoms with Gasteiger partial charge >= 0.3 is 6.18 Å². The second-order valence-corrected chi connectivity index (χ2v) is 3.45. The molecule has 1 unspecified atom stereocenters. The number of nitrogens with one attached hydrogen (secondary N) is 1. The lowest BCUT2D eigenvalue weighted by Gasteiger charge is -2.07. The molecule has 0 spiro atoms. The van der Waals surface area contributed by atoms with Gasteiger partial charge in [0.05, 0.1) is 6.42 Å². The van der Waals surface area contributed by atoms with E-state index in [4.69, 9.17) is 11.6 Å². The van der Waals surface area contributed by atoms with Crippen LogP contribution in [0, 0.1) is 0 Å². The topological polar surface area (TPSA) is 29.1 Å². The van der Waals surface area contributed by atoms with E-state index in [0.29, 0.717) is 0 Å². The van der Waals surface area contributed by atoms with Crippen molar-refractivity contribution in [3.63, 3.8) is 0 Å². The van der Waals surface area contributed by atoms with E-state index in [0.717, 1.165) is 0 Å². The predicted molar refractivity (Wildman–Crippen MR) is 43.6 cm³/mol. The second-order valence-electron chi connectivity index (χ2n) is 2.70. The van der Waals surface area contributed by atoms with Crippen LogP contribution in [0.5, 0.6) is 0 Å². The summed E-state index contributed by atoms with van der Waals surface area (Å²) >= 11 is 5.47. The fraction of sp³-hybridized carbons (Fsp3) is 0.857. The maximum absolute atomic E-state index is 11.6. The molecule has 78 valence electrons. The first kappa shape index (κ1) is 12.6. The maximum atomic E-state index is 11.6. The first-order valence-corrected chi connectivity index (χ1v) is 4.22. The zero-order valence-corrected chi connectivity index (χ0v) is 7.87. The molecule has 1 N–H and O–H groups in total. The highest BCUT2D eigenvalue weighted by atomic mass is 35.5. The van der Waals surface area contributed by atoms with E-state index >= 15 is 0 Å². The van der Waals surface area contributed by atoms with Gasteiger partial charge in [-0.05, 0) is 6.92 Å². The highest BCUT2D eigenvalue weighted by Crippen LogP contribution is 2.20. The van der Waals surface area contributed by atoms with Gasteiger partial charge in [-0.15, -0.1) is 11.6 Å². The first-order chi connectivity index (χ1) is 5.81. The fourth-order valence-corrected chi connectivity index (χ4v) is 0.675. The monoisotopic (exact) mass is 217 g/mol. The lowest BCUT2D eigenvalue weighted by atomic mass is 10.3. The highest BCUT2D eigenvalue weighted by molar-refractivity contribution is 6.20. The lowest BCUT2D eigenvalue weighted by Crippen LogP contribution is -2.29. The number of hydrogen-bond donors (Lipinski definition) is 1. The van der Waals surface area contributed by atoms with Crippen molar-refractivity contribution in [1.29, 1.82) is 0 Å². The summed E-state index contributed by atoms with van der Waals surface area (Å²) in [5, 5.41) is 2.02. The molecule has 0 saturated carbocycles. The molecule has 0 aromatic rings. The Morgan fingerprint density at radius 2 is 2.08 bits per heavy atom. The van der Waals surface area contributed by atoms with Gasteiger partial charge in [0.25, 0.3) is 0 Å². The molecule has 0 saturated heterocycles. The number of rotatable bonds is 4. The van der Waals surface area contributed by atoms with Crippen LogP contribution >= 0.6 is 11.6 Å². The van der Waals surface area contributed by atoms with E-state index in [9.17, 15) is 18.0 Å². The number of carbonyl (C=O) groups is 1. The van der Waals surface area contributed by atoms with Crippen molar-refractivity contribution in [2.45, 2.75) is 31.3 Å². The van der Waals surface area contributed by atoms with Gasteiger partial charge in [-0.2, -0.15) is 13.2 Å². The van der Waals surface area contributed by atoms with E-state index in [1.165, 1.54) is 0 Å². The summed E-state index contributed by atoms with van der Waals surface area (Å²) in [5.41, 5.74) is 0. The third-order valence-corrected chi connectivity index (χ3v) is 1.37. The minimum atomic E-state index is -4.27. The minimum Gasteiger partial charge on any atom is -0.355 e. The summed E-state index contributed by atoms with van der Waals surface area (Å²) in [5.74, 6) is -0.621. The average molecular weight is 218 g/mol. The molecule has 1 amide bonds. The average Bonchev–Trinajstić information content (AvgIpc) is 1.95. The van der Waals surface area contributed by atoms with Crippen LogP contribution in [-0.2, 0) is 4.79 Å². The van der Waals surface area contributed by atoms with Crippen LogP contribution in [0.1, 0.15) is 19.8 Å². The van der Waals surface area contributed by atoms with Crippen molar-refractivity contribution < 1.29 is 18.0 Å². The van der Waals surface area contributed by atoms with Gasteiger partial charge in [0.2, 0.25) is 5.91 Å². The fourth-order valence-electron chi connectivity index (χ4n) is 0.598. The largest absolute Gasteiger partial charge is 0.389 e. The number of carbonyl (C=O) groups excluding carboxylic acids is 1. The summed E-state index contributed by atoms with van der Waals surface area (Å²) in [6, 6.07) is 0. The summed E-state index contributed by atoms with van der Waals surface area (Å²) in [6.07, 6.45) is -5.90. The lowest BCUT2D eigenvalue weighted by molar-refractivity contribution is -0.144. The van der Waals surface area contributed by atoms with Gasteiger partial charge in [-0.25, -0.2) is 0 Å². The predicted octanol–water partition coefficient (Wildman–Crippen LogP) is 2.07. The Morgan fingerprint density at radius 1 is 1.54 bits per heavy atom. The van der Waals surface area contributed by atoms with Gasteiger partial charge in [0.1, 0.15) is 0 Å². The van der Waals surface area contributed by atoms with Gasteiger partial charge in [-0.3, -0.25) is 4.79 Å². The second kappa shape index (κ2) is 5.32. The molecule has 13 heavy (non-hydrogen) atoms. The maximum Gasteiger partial charge on any atom is 0.389 e. The van der Waals surface area contributed by atoms with E-state index in [-0.39, 0.29) is 11.9 Å². The molecule has 6 heteroatoms. The molecule has 0 fully saturated rings. The van der Waals surface area contributed by atoms with Crippen molar-refractivity contribution in [2.75, 3.05) is 6.54 Å². The molecule has 2 nitrogen and oxygen atoms in total. The molecule has 0 heterocycles. The van der Waals surface area contributed by atoms with Crippen molar-refractivity contribution in [1.82, 2.24) is 5.32 Å². The Kier molecular flexibility index (Phi) is 5.13. The molecule has 0 aromatic carbocycles. The van der Waals surface area contributed by atoms with Gasteiger partial charge in [0, 0.05) is 18.3 Å². The molecule has 0 aliphatic rings. The Hall–Kier alpha value is -0.450. The van der Waals surface area contributed by atoms with Crippen LogP contribution in [0.15, 0.2) is 0 Å². The summed E-state index contributed by atoms with van der Waals surface area (Å²) < 4.78 is 34.8. The van der Waals surface area contributed by atoms with Crippen LogP contribution < -0.4 is 5.32 Å². The Balaban J connectivity index is 3.53. The first-order valence-electron chi connectivity index (χ1n) is 3.79. The molecule has 0 aliphatic carbocycles. The van der Waals surface area contributed by atoms with Crippen LogP contribution in [0.3, 0.4) is 0 Å². The normalized spacial score (nSPS) is 13.9. The molecule has 0 aromatic heterocycles. The van der Waals surface area contributed by atoms with Crippen molar-refractivity contribution in [2.24, 2.45) is 0 Å². The quantitative estimate of drug-likeness (QED) is 0.718. The summed E-state index contributed by atoms with van der Waals surface area (Å²) in [6.45, 7) is 1.84. The number of alkyl halides is 4. The number of amides is 1. The third kappa shape index (κ3) is 9.46. The molecule has 0 radical (unpaired) electrons. The van der Waals surface area contributed by atoms with Crippen LogP contribution in [0.2, 0.25) is 0 Å². The molecule has 0 aliphatic heterocycles. The Labute approximate surface area is 79.4 Å². The van der Waals surface area contributed by atoms with E-state index < -0.39 is 24.9 Å². The number of hydrogen-bond acceptors (Lipinski definition) is 1. The van der Waals surface area contributed by atoms with Gasteiger partial charge in [-0.1, -0.05) is 0 Å². The molecular formula is C7H11ClF3NO. The zero-order valence-electron chi connectivity index (χ0n) is 7.12. The summed E-state index contributed by atoms with van der Waals surface area (Å²) in [4.78, 5) is 10.7. The third-order valence-electron chi connectivity index (χ3n) is 1.22. The van der Waals surface area contributed by atoms with Crippen molar-refractivity contribution in [3.05, 3.63) is 0 Å². The molecule has 0 rings (SSSR count). The van der Waals surface area contributed by atoms with Gasteiger partial charge < -0.3 is 5.32 Å². The summed E-state index contributed by atoms with van der Waals surface area (Å²) in [7, 11) is 0. The zero-order chi connectivity index (χ0) is 10.5. The molecule has 0 bridgehead atoms. The minimum absolute atomic E-state index is 0.193.